The van der Waals surface area contributed by atoms with Crippen molar-refractivity contribution in [1.29, 1.82) is 0 Å². The lowest BCUT2D eigenvalue weighted by atomic mass is 10.4. The lowest BCUT2D eigenvalue weighted by Gasteiger charge is -1.98. The van der Waals surface area contributed by atoms with Crippen LogP contribution < -0.4 is 0 Å². The van der Waals surface area contributed by atoms with E-state index in [0.29, 0.717) is 0 Å². The van der Waals surface area contributed by atoms with Gasteiger partial charge in [-0.05, 0) is 30.8 Å². The average Bonchev–Trinajstić information content (AvgIpc) is 2.92. The molecule has 0 radical (unpaired) electrons. The molecule has 92 valence electrons. The molecule has 0 fully saturated rings. The largest absolute Gasteiger partial charge is 0.390 e. The van der Waals surface area contributed by atoms with Crippen molar-refractivity contribution in [2.75, 3.05) is 0 Å². The number of aliphatic hydroxyl groups excluding tert-OH is 1. The Morgan fingerprint density at radius 1 is 1.39 bits per heavy atom. The highest BCUT2D eigenvalue weighted by atomic mass is 32.2. The Labute approximate surface area is 112 Å². The second-order valence-corrected chi connectivity index (χ2v) is 5.90. The summed E-state index contributed by atoms with van der Waals surface area (Å²) in [4.78, 5) is 8.92. The molecule has 0 spiro atoms. The summed E-state index contributed by atoms with van der Waals surface area (Å²) in [7, 11) is 0. The minimum Gasteiger partial charge on any atom is -0.390 e. The highest BCUT2D eigenvalue weighted by Crippen LogP contribution is 2.32. The SMILES string of the molecule is Cc1csc(Sc2nc3ccccn3c2CO)n1. The van der Waals surface area contributed by atoms with Gasteiger partial charge in [-0.15, -0.1) is 11.3 Å². The van der Waals surface area contributed by atoms with Crippen molar-refractivity contribution in [3.8, 4) is 0 Å². The zero-order chi connectivity index (χ0) is 12.5. The molecule has 0 aliphatic heterocycles. The number of nitrogens with zero attached hydrogens (tertiary/aromatic N) is 3. The fourth-order valence-corrected chi connectivity index (χ4v) is 3.58. The summed E-state index contributed by atoms with van der Waals surface area (Å²) < 4.78 is 2.86. The quantitative estimate of drug-likeness (QED) is 0.800. The number of pyridine rings is 1. The van der Waals surface area contributed by atoms with E-state index in [1.54, 1.807) is 11.3 Å². The lowest BCUT2D eigenvalue weighted by molar-refractivity contribution is 0.272. The van der Waals surface area contributed by atoms with Crippen molar-refractivity contribution in [2.24, 2.45) is 0 Å². The molecular weight excluding hydrogens is 266 g/mol. The molecule has 0 aliphatic rings. The molecule has 0 atom stereocenters. The van der Waals surface area contributed by atoms with Crippen LogP contribution in [0.2, 0.25) is 0 Å². The number of aromatic nitrogens is 3. The minimum absolute atomic E-state index is 0.0299. The number of aryl methyl sites for hydroxylation is 1. The maximum absolute atomic E-state index is 9.50. The lowest BCUT2D eigenvalue weighted by Crippen LogP contribution is -1.92. The second-order valence-electron chi connectivity index (χ2n) is 3.81. The van der Waals surface area contributed by atoms with Gasteiger partial charge in [0.2, 0.25) is 0 Å². The molecule has 0 saturated heterocycles. The molecule has 3 heterocycles. The molecule has 6 heteroatoms. The van der Waals surface area contributed by atoms with Crippen LogP contribution >= 0.6 is 23.1 Å². The van der Waals surface area contributed by atoms with Gasteiger partial charge >= 0.3 is 0 Å². The topological polar surface area (TPSA) is 50.4 Å². The molecule has 0 saturated carbocycles. The molecular formula is C12H11N3OS2. The van der Waals surface area contributed by atoms with Gasteiger partial charge in [0.1, 0.15) is 10.7 Å². The van der Waals surface area contributed by atoms with Gasteiger partial charge in [-0.2, -0.15) is 0 Å². The monoisotopic (exact) mass is 277 g/mol. The third kappa shape index (κ3) is 2.03. The van der Waals surface area contributed by atoms with E-state index in [1.807, 2.05) is 41.1 Å². The molecule has 3 rings (SSSR count). The molecule has 4 nitrogen and oxygen atoms in total. The van der Waals surface area contributed by atoms with Gasteiger partial charge in [0.05, 0.1) is 12.3 Å². The molecule has 1 N–H and O–H groups in total. The molecule has 0 unspecified atom stereocenters. The number of imidazole rings is 1. The number of aliphatic hydroxyl groups is 1. The molecule has 3 aromatic rings. The number of thiazole rings is 1. The first-order valence-corrected chi connectivity index (χ1v) is 7.14. The third-order valence-electron chi connectivity index (χ3n) is 2.52. The summed E-state index contributed by atoms with van der Waals surface area (Å²) in [6, 6.07) is 5.79. The summed E-state index contributed by atoms with van der Waals surface area (Å²) in [6.07, 6.45) is 1.91. The second kappa shape index (κ2) is 4.72. The third-order valence-corrected chi connectivity index (χ3v) is 4.60. The van der Waals surface area contributed by atoms with E-state index in [0.717, 1.165) is 26.4 Å². The van der Waals surface area contributed by atoms with Gasteiger partial charge in [0.25, 0.3) is 0 Å². The summed E-state index contributed by atoms with van der Waals surface area (Å²) in [5.41, 5.74) is 2.66. The Kier molecular flexibility index (Phi) is 3.07. The van der Waals surface area contributed by atoms with Crippen molar-refractivity contribution < 1.29 is 5.11 Å². The first-order chi connectivity index (χ1) is 8.78. The predicted octanol–water partition coefficient (Wildman–Crippen LogP) is 2.74. The molecule has 3 aromatic heterocycles. The minimum atomic E-state index is -0.0299. The summed E-state index contributed by atoms with van der Waals surface area (Å²) in [5.74, 6) is 0. The molecule has 18 heavy (non-hydrogen) atoms. The Morgan fingerprint density at radius 3 is 3.00 bits per heavy atom. The Hall–Kier alpha value is -1.37. The molecule has 0 bridgehead atoms. The number of fused-ring (bicyclic) bond motifs is 1. The highest BCUT2D eigenvalue weighted by molar-refractivity contribution is 8.01. The molecule has 0 aliphatic carbocycles. The van der Waals surface area contributed by atoms with Crippen LogP contribution in [0.15, 0.2) is 39.1 Å². The van der Waals surface area contributed by atoms with Crippen LogP contribution in [0.3, 0.4) is 0 Å². The fourth-order valence-electron chi connectivity index (χ4n) is 1.71. The molecule has 0 aromatic carbocycles. The normalized spacial score (nSPS) is 11.2. The van der Waals surface area contributed by atoms with Gasteiger partial charge in [0.15, 0.2) is 4.34 Å². The van der Waals surface area contributed by atoms with E-state index in [2.05, 4.69) is 9.97 Å². The maximum Gasteiger partial charge on any atom is 0.156 e. The smallest absolute Gasteiger partial charge is 0.156 e. The van der Waals surface area contributed by atoms with Crippen LogP contribution in [0.1, 0.15) is 11.4 Å². The summed E-state index contributed by atoms with van der Waals surface area (Å²) in [6.45, 7) is 1.94. The van der Waals surface area contributed by atoms with E-state index in [9.17, 15) is 5.11 Å². The average molecular weight is 277 g/mol. The van der Waals surface area contributed by atoms with Crippen LogP contribution in [-0.4, -0.2) is 19.5 Å². The summed E-state index contributed by atoms with van der Waals surface area (Å²) in [5, 5.41) is 12.3. The van der Waals surface area contributed by atoms with Gasteiger partial charge in [-0.1, -0.05) is 6.07 Å². The first kappa shape index (κ1) is 11.7. The van der Waals surface area contributed by atoms with E-state index in [-0.39, 0.29) is 6.61 Å². The van der Waals surface area contributed by atoms with E-state index in [1.165, 1.54) is 11.8 Å². The van der Waals surface area contributed by atoms with Gasteiger partial charge in [0, 0.05) is 17.3 Å². The standard InChI is InChI=1S/C12H11N3OS2/c1-8-7-17-12(13-8)18-11-9(6-16)15-5-3-2-4-10(15)14-11/h2-5,7,16H,6H2,1H3. The predicted molar refractivity (Wildman–Crippen MR) is 72.1 cm³/mol. The van der Waals surface area contributed by atoms with Gasteiger partial charge in [-0.25, -0.2) is 9.97 Å². The van der Waals surface area contributed by atoms with Crippen LogP contribution in [0.5, 0.6) is 0 Å². The zero-order valence-corrected chi connectivity index (χ0v) is 11.3. The van der Waals surface area contributed by atoms with Crippen molar-refractivity contribution in [2.45, 2.75) is 22.9 Å². The maximum atomic E-state index is 9.50. The van der Waals surface area contributed by atoms with Crippen molar-refractivity contribution in [3.63, 3.8) is 0 Å². The van der Waals surface area contributed by atoms with E-state index < -0.39 is 0 Å². The van der Waals surface area contributed by atoms with Gasteiger partial charge < -0.3 is 9.51 Å². The van der Waals surface area contributed by atoms with Crippen molar-refractivity contribution in [3.05, 3.63) is 41.2 Å². The van der Waals surface area contributed by atoms with Crippen LogP contribution in [0.25, 0.3) is 5.65 Å². The zero-order valence-electron chi connectivity index (χ0n) is 9.70. The first-order valence-electron chi connectivity index (χ1n) is 5.45. The summed E-state index contributed by atoms with van der Waals surface area (Å²) >= 11 is 3.10. The Balaban J connectivity index is 2.05. The van der Waals surface area contributed by atoms with Crippen molar-refractivity contribution in [1.82, 2.24) is 14.4 Å². The number of rotatable bonds is 3. The Morgan fingerprint density at radius 2 is 2.28 bits per heavy atom. The molecule has 0 amide bonds. The van der Waals surface area contributed by atoms with Crippen LogP contribution in [0.4, 0.5) is 0 Å². The van der Waals surface area contributed by atoms with Gasteiger partial charge in [-0.3, -0.25) is 0 Å². The number of hydrogen-bond donors (Lipinski definition) is 1. The highest BCUT2D eigenvalue weighted by Gasteiger charge is 2.13. The van der Waals surface area contributed by atoms with E-state index >= 15 is 0 Å². The van der Waals surface area contributed by atoms with Crippen molar-refractivity contribution >= 4 is 28.7 Å². The van der Waals surface area contributed by atoms with Crippen LogP contribution in [0, 0.1) is 6.92 Å². The van der Waals surface area contributed by atoms with E-state index in [4.69, 9.17) is 0 Å². The fraction of sp³-hybridized carbons (Fsp3) is 0.167. The van der Waals surface area contributed by atoms with Crippen LogP contribution in [-0.2, 0) is 6.61 Å². The Bertz CT molecular complexity index is 690. The number of hydrogen-bond acceptors (Lipinski definition) is 5.